The predicted molar refractivity (Wildman–Crippen MR) is 66.4 cm³/mol. The molecular weight excluding hydrogens is 253 g/mol. The van der Waals surface area contributed by atoms with Crippen LogP contribution >= 0.6 is 0 Å². The first kappa shape index (κ1) is 13.5. The molecule has 2 rings (SSSR count). The SMILES string of the molecule is Cc1ncccc1C(N)c1ccc(C(F)(F)F)cc1. The molecule has 0 saturated heterocycles. The second kappa shape index (κ2) is 5.01. The van der Waals surface area contributed by atoms with Crippen molar-refractivity contribution in [2.75, 3.05) is 0 Å². The molecule has 0 aliphatic heterocycles. The molecule has 2 aromatic rings. The van der Waals surface area contributed by atoms with Gasteiger partial charge in [-0.15, -0.1) is 0 Å². The molecule has 0 spiro atoms. The van der Waals surface area contributed by atoms with E-state index in [1.165, 1.54) is 12.1 Å². The first-order valence-electron chi connectivity index (χ1n) is 5.74. The fraction of sp³-hybridized carbons (Fsp3) is 0.214. The number of hydrogen-bond acceptors (Lipinski definition) is 2. The lowest BCUT2D eigenvalue weighted by Crippen LogP contribution is -2.14. The van der Waals surface area contributed by atoms with Gasteiger partial charge in [-0.05, 0) is 36.2 Å². The van der Waals surface area contributed by atoms with Gasteiger partial charge < -0.3 is 5.73 Å². The van der Waals surface area contributed by atoms with Crippen molar-refractivity contribution in [2.45, 2.75) is 19.1 Å². The van der Waals surface area contributed by atoms with Gasteiger partial charge in [-0.2, -0.15) is 13.2 Å². The number of rotatable bonds is 2. The Hall–Kier alpha value is -1.88. The average molecular weight is 266 g/mol. The molecule has 0 radical (unpaired) electrons. The van der Waals surface area contributed by atoms with E-state index in [0.29, 0.717) is 5.56 Å². The molecule has 5 heteroatoms. The van der Waals surface area contributed by atoms with Gasteiger partial charge >= 0.3 is 6.18 Å². The van der Waals surface area contributed by atoms with Crippen LogP contribution in [0.5, 0.6) is 0 Å². The molecule has 2 nitrogen and oxygen atoms in total. The molecule has 100 valence electrons. The summed E-state index contributed by atoms with van der Waals surface area (Å²) in [6.45, 7) is 1.82. The van der Waals surface area contributed by atoms with E-state index in [9.17, 15) is 13.2 Å². The Labute approximate surface area is 109 Å². The molecule has 0 aliphatic rings. The van der Waals surface area contributed by atoms with Crippen LogP contribution in [0.4, 0.5) is 13.2 Å². The Morgan fingerprint density at radius 3 is 2.26 bits per heavy atom. The van der Waals surface area contributed by atoms with Crippen molar-refractivity contribution < 1.29 is 13.2 Å². The highest BCUT2D eigenvalue weighted by Crippen LogP contribution is 2.30. The maximum Gasteiger partial charge on any atom is 0.416 e. The third kappa shape index (κ3) is 2.93. The van der Waals surface area contributed by atoms with Crippen LogP contribution in [0.15, 0.2) is 42.6 Å². The molecule has 0 fully saturated rings. The summed E-state index contributed by atoms with van der Waals surface area (Å²) in [5.74, 6) is 0. The monoisotopic (exact) mass is 266 g/mol. The van der Waals surface area contributed by atoms with E-state index in [2.05, 4.69) is 4.98 Å². The van der Waals surface area contributed by atoms with Crippen LogP contribution in [0.3, 0.4) is 0 Å². The van der Waals surface area contributed by atoms with Gasteiger partial charge in [0.2, 0.25) is 0 Å². The topological polar surface area (TPSA) is 38.9 Å². The highest BCUT2D eigenvalue weighted by molar-refractivity contribution is 5.35. The van der Waals surface area contributed by atoms with Crippen LogP contribution in [0.2, 0.25) is 0 Å². The Kier molecular flexibility index (Phi) is 3.57. The van der Waals surface area contributed by atoms with E-state index < -0.39 is 17.8 Å². The second-order valence-electron chi connectivity index (χ2n) is 4.28. The third-order valence-electron chi connectivity index (χ3n) is 2.98. The lowest BCUT2D eigenvalue weighted by molar-refractivity contribution is -0.137. The fourth-order valence-electron chi connectivity index (χ4n) is 1.88. The van der Waals surface area contributed by atoms with Crippen LogP contribution < -0.4 is 5.73 Å². The van der Waals surface area contributed by atoms with E-state index in [4.69, 9.17) is 5.73 Å². The van der Waals surface area contributed by atoms with Gasteiger partial charge in [0.25, 0.3) is 0 Å². The number of aryl methyl sites for hydroxylation is 1. The minimum atomic E-state index is -4.33. The minimum Gasteiger partial charge on any atom is -0.320 e. The van der Waals surface area contributed by atoms with E-state index in [1.807, 2.05) is 13.0 Å². The number of halogens is 3. The van der Waals surface area contributed by atoms with E-state index in [-0.39, 0.29) is 0 Å². The largest absolute Gasteiger partial charge is 0.416 e. The van der Waals surface area contributed by atoms with E-state index >= 15 is 0 Å². The molecule has 1 atom stereocenters. The number of nitrogens with zero attached hydrogens (tertiary/aromatic N) is 1. The Balaban J connectivity index is 2.31. The van der Waals surface area contributed by atoms with Gasteiger partial charge in [-0.25, -0.2) is 0 Å². The van der Waals surface area contributed by atoms with Crippen molar-refractivity contribution in [3.8, 4) is 0 Å². The molecule has 1 aromatic heterocycles. The summed E-state index contributed by atoms with van der Waals surface area (Å²) in [6, 6.07) is 7.99. The van der Waals surface area contributed by atoms with Crippen LogP contribution in [0, 0.1) is 6.92 Å². The highest BCUT2D eigenvalue weighted by atomic mass is 19.4. The van der Waals surface area contributed by atoms with Crippen molar-refractivity contribution in [3.63, 3.8) is 0 Å². The average Bonchev–Trinajstić information content (AvgIpc) is 2.38. The zero-order valence-corrected chi connectivity index (χ0v) is 10.3. The minimum absolute atomic E-state index is 0.476. The molecule has 2 N–H and O–H groups in total. The van der Waals surface area contributed by atoms with Gasteiger partial charge in [0.15, 0.2) is 0 Å². The summed E-state index contributed by atoms with van der Waals surface area (Å²) in [5, 5.41) is 0. The maximum atomic E-state index is 12.5. The third-order valence-corrected chi connectivity index (χ3v) is 2.98. The van der Waals surface area contributed by atoms with Crippen LogP contribution in [-0.2, 0) is 6.18 Å². The lowest BCUT2D eigenvalue weighted by Gasteiger charge is -2.15. The Morgan fingerprint density at radius 2 is 1.74 bits per heavy atom. The summed E-state index contributed by atoms with van der Waals surface area (Å²) in [5.41, 5.74) is 7.59. The van der Waals surface area contributed by atoms with Crippen LogP contribution in [0.25, 0.3) is 0 Å². The Morgan fingerprint density at radius 1 is 1.11 bits per heavy atom. The van der Waals surface area contributed by atoms with Gasteiger partial charge in [0, 0.05) is 11.9 Å². The highest BCUT2D eigenvalue weighted by Gasteiger charge is 2.30. The van der Waals surface area contributed by atoms with Crippen molar-refractivity contribution >= 4 is 0 Å². The number of pyridine rings is 1. The lowest BCUT2D eigenvalue weighted by atomic mass is 9.97. The zero-order chi connectivity index (χ0) is 14.0. The molecule has 0 aliphatic carbocycles. The molecule has 1 heterocycles. The van der Waals surface area contributed by atoms with Crippen LogP contribution in [0.1, 0.15) is 28.4 Å². The van der Waals surface area contributed by atoms with Gasteiger partial charge in [0.05, 0.1) is 11.6 Å². The summed E-state index contributed by atoms with van der Waals surface area (Å²) in [6.07, 6.45) is -2.68. The Bertz CT molecular complexity index is 562. The smallest absolute Gasteiger partial charge is 0.320 e. The number of aromatic nitrogens is 1. The number of nitrogens with two attached hydrogens (primary N) is 1. The van der Waals surface area contributed by atoms with E-state index in [0.717, 1.165) is 23.4 Å². The first-order valence-corrected chi connectivity index (χ1v) is 5.74. The molecule has 0 saturated carbocycles. The fourth-order valence-corrected chi connectivity index (χ4v) is 1.88. The van der Waals surface area contributed by atoms with Crippen molar-refractivity contribution in [1.82, 2.24) is 4.98 Å². The van der Waals surface area contributed by atoms with Gasteiger partial charge in [-0.1, -0.05) is 18.2 Å². The summed E-state index contributed by atoms with van der Waals surface area (Å²) in [7, 11) is 0. The number of benzene rings is 1. The van der Waals surface area contributed by atoms with E-state index in [1.54, 1.807) is 12.3 Å². The molecule has 1 aromatic carbocycles. The zero-order valence-electron chi connectivity index (χ0n) is 10.3. The number of alkyl halides is 3. The van der Waals surface area contributed by atoms with Crippen molar-refractivity contribution in [3.05, 3.63) is 65.0 Å². The molecule has 0 amide bonds. The molecule has 19 heavy (non-hydrogen) atoms. The van der Waals surface area contributed by atoms with Crippen LogP contribution in [-0.4, -0.2) is 4.98 Å². The summed E-state index contributed by atoms with van der Waals surface area (Å²) < 4.78 is 37.4. The van der Waals surface area contributed by atoms with Gasteiger partial charge in [-0.3, -0.25) is 4.98 Å². The quantitative estimate of drug-likeness (QED) is 0.904. The van der Waals surface area contributed by atoms with Crippen molar-refractivity contribution in [2.24, 2.45) is 5.73 Å². The normalized spacial score (nSPS) is 13.3. The summed E-state index contributed by atoms with van der Waals surface area (Å²) >= 11 is 0. The second-order valence-corrected chi connectivity index (χ2v) is 4.28. The molecule has 1 unspecified atom stereocenters. The van der Waals surface area contributed by atoms with Gasteiger partial charge in [0.1, 0.15) is 0 Å². The molecular formula is C14H13F3N2. The number of hydrogen-bond donors (Lipinski definition) is 1. The summed E-state index contributed by atoms with van der Waals surface area (Å²) in [4.78, 5) is 4.12. The standard InChI is InChI=1S/C14H13F3N2/c1-9-12(3-2-8-19-9)13(18)10-4-6-11(7-5-10)14(15,16)17/h2-8,13H,18H2,1H3. The maximum absolute atomic E-state index is 12.5. The van der Waals surface area contributed by atoms with Crippen molar-refractivity contribution in [1.29, 1.82) is 0 Å². The molecule has 0 bridgehead atoms. The predicted octanol–water partition coefficient (Wildman–Crippen LogP) is 3.46. The first-order chi connectivity index (χ1) is 8.89.